The van der Waals surface area contributed by atoms with E-state index in [9.17, 15) is 0 Å². The van der Waals surface area contributed by atoms with E-state index in [1.54, 1.807) is 22.7 Å². The van der Waals surface area contributed by atoms with Crippen LogP contribution in [-0.2, 0) is 0 Å². The van der Waals surface area contributed by atoms with Gasteiger partial charge in [-0.2, -0.15) is 0 Å². The zero-order valence-corrected chi connectivity index (χ0v) is 17.1. The molecule has 2 heterocycles. The standard InChI is InChI=1S/C24H17N3S2/c1-3-7-17(8-4-1)22-16-29-24(27-22)25-20-13-11-18(12-14-20)21-15-28-23(26-21)19-9-5-2-6-10-19/h1-16H,(H,25,27). The first-order chi connectivity index (χ1) is 14.3. The Morgan fingerprint density at radius 2 is 1.14 bits per heavy atom. The second kappa shape index (κ2) is 7.99. The summed E-state index contributed by atoms with van der Waals surface area (Å²) in [7, 11) is 0. The van der Waals surface area contributed by atoms with Crippen LogP contribution in [0.15, 0.2) is 95.7 Å². The molecule has 0 aliphatic heterocycles. The van der Waals surface area contributed by atoms with Gasteiger partial charge in [0.1, 0.15) is 5.01 Å². The van der Waals surface area contributed by atoms with E-state index >= 15 is 0 Å². The van der Waals surface area contributed by atoms with Crippen LogP contribution in [0, 0.1) is 0 Å². The molecular formula is C24H17N3S2. The molecule has 0 saturated heterocycles. The molecule has 0 spiro atoms. The van der Waals surface area contributed by atoms with Gasteiger partial charge in [0.25, 0.3) is 0 Å². The smallest absolute Gasteiger partial charge is 0.187 e. The summed E-state index contributed by atoms with van der Waals surface area (Å²) in [6.07, 6.45) is 0. The summed E-state index contributed by atoms with van der Waals surface area (Å²) in [5.41, 5.74) is 6.40. The Labute approximate surface area is 177 Å². The molecule has 3 nitrogen and oxygen atoms in total. The molecular weight excluding hydrogens is 394 g/mol. The average Bonchev–Trinajstić information content (AvgIpc) is 3.46. The van der Waals surface area contributed by atoms with Gasteiger partial charge in [-0.05, 0) is 12.1 Å². The summed E-state index contributed by atoms with van der Waals surface area (Å²) >= 11 is 3.28. The second-order valence-corrected chi connectivity index (χ2v) is 8.23. The van der Waals surface area contributed by atoms with E-state index in [0.717, 1.165) is 43.9 Å². The zero-order valence-electron chi connectivity index (χ0n) is 15.4. The van der Waals surface area contributed by atoms with Gasteiger partial charge in [-0.25, -0.2) is 9.97 Å². The molecule has 0 bridgehead atoms. The molecule has 0 aliphatic carbocycles. The van der Waals surface area contributed by atoms with Crippen LogP contribution < -0.4 is 5.32 Å². The minimum absolute atomic E-state index is 0.886. The van der Waals surface area contributed by atoms with Crippen LogP contribution in [0.25, 0.3) is 33.1 Å². The molecule has 2 aromatic heterocycles. The molecule has 0 saturated carbocycles. The number of rotatable bonds is 5. The lowest BCUT2D eigenvalue weighted by Gasteiger charge is -2.04. The van der Waals surface area contributed by atoms with E-state index < -0.39 is 0 Å². The van der Waals surface area contributed by atoms with E-state index in [1.807, 2.05) is 36.4 Å². The number of nitrogens with one attached hydrogen (secondary N) is 1. The zero-order chi connectivity index (χ0) is 19.5. The van der Waals surface area contributed by atoms with Crippen molar-refractivity contribution in [2.24, 2.45) is 0 Å². The summed E-state index contributed by atoms with van der Waals surface area (Å²) in [5, 5.41) is 9.50. The predicted molar refractivity (Wildman–Crippen MR) is 124 cm³/mol. The monoisotopic (exact) mass is 411 g/mol. The number of benzene rings is 3. The van der Waals surface area contributed by atoms with Crippen molar-refractivity contribution in [3.63, 3.8) is 0 Å². The quantitative estimate of drug-likeness (QED) is 0.329. The minimum atomic E-state index is 0.886. The van der Waals surface area contributed by atoms with Crippen LogP contribution in [-0.4, -0.2) is 9.97 Å². The van der Waals surface area contributed by atoms with Gasteiger partial charge in [-0.3, -0.25) is 0 Å². The summed E-state index contributed by atoms with van der Waals surface area (Å²) in [6.45, 7) is 0. The van der Waals surface area contributed by atoms with E-state index in [4.69, 9.17) is 9.97 Å². The van der Waals surface area contributed by atoms with E-state index in [2.05, 4.69) is 64.6 Å². The van der Waals surface area contributed by atoms with E-state index in [0.29, 0.717) is 0 Å². The van der Waals surface area contributed by atoms with Gasteiger partial charge in [-0.15, -0.1) is 22.7 Å². The van der Waals surface area contributed by atoms with Crippen LogP contribution in [0.5, 0.6) is 0 Å². The highest BCUT2D eigenvalue weighted by molar-refractivity contribution is 7.14. The number of nitrogens with zero attached hydrogens (tertiary/aromatic N) is 2. The molecule has 0 amide bonds. The van der Waals surface area contributed by atoms with Crippen LogP contribution in [0.3, 0.4) is 0 Å². The Bertz CT molecular complexity index is 1210. The SMILES string of the molecule is c1ccc(-c2csc(Nc3ccc(-c4csc(-c5ccccc5)n4)cc3)n2)cc1. The molecule has 0 fully saturated rings. The molecule has 0 radical (unpaired) electrons. The van der Waals surface area contributed by atoms with Gasteiger partial charge in [-0.1, -0.05) is 72.8 Å². The van der Waals surface area contributed by atoms with Crippen molar-refractivity contribution >= 4 is 33.5 Å². The van der Waals surface area contributed by atoms with Crippen LogP contribution in [0.1, 0.15) is 0 Å². The van der Waals surface area contributed by atoms with Crippen molar-refractivity contribution in [1.82, 2.24) is 9.97 Å². The maximum atomic E-state index is 4.79. The lowest BCUT2D eigenvalue weighted by atomic mass is 10.1. The molecule has 0 unspecified atom stereocenters. The van der Waals surface area contributed by atoms with Crippen molar-refractivity contribution in [2.45, 2.75) is 0 Å². The van der Waals surface area contributed by atoms with Crippen molar-refractivity contribution in [1.29, 1.82) is 0 Å². The Balaban J connectivity index is 1.31. The van der Waals surface area contributed by atoms with Gasteiger partial charge >= 0.3 is 0 Å². The summed E-state index contributed by atoms with van der Waals surface area (Å²) in [4.78, 5) is 9.48. The number of aromatic nitrogens is 2. The maximum absolute atomic E-state index is 4.79. The third-order valence-corrected chi connectivity index (χ3v) is 6.18. The van der Waals surface area contributed by atoms with Crippen molar-refractivity contribution in [3.8, 4) is 33.1 Å². The second-order valence-electron chi connectivity index (χ2n) is 6.51. The molecule has 0 atom stereocenters. The van der Waals surface area contributed by atoms with E-state index in [-0.39, 0.29) is 0 Å². The Hall–Kier alpha value is -3.28. The number of thiazole rings is 2. The Morgan fingerprint density at radius 3 is 1.86 bits per heavy atom. The molecule has 3 aromatic carbocycles. The van der Waals surface area contributed by atoms with Gasteiger partial charge in [0.2, 0.25) is 0 Å². The first kappa shape index (κ1) is 17.8. The number of anilines is 2. The topological polar surface area (TPSA) is 37.8 Å². The lowest BCUT2D eigenvalue weighted by Crippen LogP contribution is -1.89. The minimum Gasteiger partial charge on any atom is -0.332 e. The molecule has 5 heteroatoms. The van der Waals surface area contributed by atoms with Crippen LogP contribution in [0.4, 0.5) is 10.8 Å². The third kappa shape index (κ3) is 3.97. The summed E-state index contributed by atoms with van der Waals surface area (Å²) in [5.74, 6) is 0. The maximum Gasteiger partial charge on any atom is 0.187 e. The highest BCUT2D eigenvalue weighted by atomic mass is 32.1. The van der Waals surface area contributed by atoms with Gasteiger partial charge < -0.3 is 5.32 Å². The summed E-state index contributed by atoms with van der Waals surface area (Å²) < 4.78 is 0. The largest absolute Gasteiger partial charge is 0.332 e. The fraction of sp³-hybridized carbons (Fsp3) is 0. The Kier molecular flexibility index (Phi) is 4.90. The van der Waals surface area contributed by atoms with Crippen molar-refractivity contribution in [3.05, 3.63) is 95.7 Å². The normalized spacial score (nSPS) is 10.8. The molecule has 1 N–H and O–H groups in total. The highest BCUT2D eigenvalue weighted by Gasteiger charge is 2.08. The number of hydrogen-bond donors (Lipinski definition) is 1. The fourth-order valence-electron chi connectivity index (χ4n) is 3.04. The average molecular weight is 412 g/mol. The van der Waals surface area contributed by atoms with Gasteiger partial charge in [0, 0.05) is 33.1 Å². The molecule has 140 valence electrons. The van der Waals surface area contributed by atoms with Gasteiger partial charge in [0.05, 0.1) is 11.4 Å². The highest BCUT2D eigenvalue weighted by Crippen LogP contribution is 2.31. The van der Waals surface area contributed by atoms with Crippen LogP contribution >= 0.6 is 22.7 Å². The van der Waals surface area contributed by atoms with Crippen molar-refractivity contribution < 1.29 is 0 Å². The Morgan fingerprint density at radius 1 is 0.552 bits per heavy atom. The molecule has 0 aliphatic rings. The fourth-order valence-corrected chi connectivity index (χ4v) is 4.62. The first-order valence-electron chi connectivity index (χ1n) is 9.24. The van der Waals surface area contributed by atoms with Gasteiger partial charge in [0.15, 0.2) is 5.13 Å². The summed E-state index contributed by atoms with van der Waals surface area (Å²) in [6, 6.07) is 28.8. The molecule has 29 heavy (non-hydrogen) atoms. The molecule has 5 aromatic rings. The van der Waals surface area contributed by atoms with Crippen LogP contribution in [0.2, 0.25) is 0 Å². The molecule has 5 rings (SSSR count). The first-order valence-corrected chi connectivity index (χ1v) is 11.0. The predicted octanol–water partition coefficient (Wildman–Crippen LogP) is 7.34. The van der Waals surface area contributed by atoms with Crippen molar-refractivity contribution in [2.75, 3.05) is 5.32 Å². The lowest BCUT2D eigenvalue weighted by molar-refractivity contribution is 1.38. The van der Waals surface area contributed by atoms with E-state index in [1.165, 1.54) is 0 Å². The third-order valence-electron chi connectivity index (χ3n) is 4.53. The number of hydrogen-bond acceptors (Lipinski definition) is 5.